The van der Waals surface area contributed by atoms with E-state index < -0.39 is 17.5 Å². The number of carbonyl (C=O) groups is 2. The Morgan fingerprint density at radius 3 is 2.57 bits per heavy atom. The summed E-state index contributed by atoms with van der Waals surface area (Å²) in [6, 6.07) is 5.91. The van der Waals surface area contributed by atoms with E-state index in [9.17, 15) is 14.0 Å². The van der Waals surface area contributed by atoms with Gasteiger partial charge < -0.3 is 19.3 Å². The number of benzene rings is 1. The van der Waals surface area contributed by atoms with Gasteiger partial charge in [0.15, 0.2) is 0 Å². The number of halogens is 1. The van der Waals surface area contributed by atoms with Crippen molar-refractivity contribution in [2.24, 2.45) is 0 Å². The second kappa shape index (κ2) is 8.53. The summed E-state index contributed by atoms with van der Waals surface area (Å²) >= 11 is 0. The van der Waals surface area contributed by atoms with Crippen molar-refractivity contribution in [3.05, 3.63) is 53.6 Å². The fourth-order valence-electron chi connectivity index (χ4n) is 3.85. The highest BCUT2D eigenvalue weighted by molar-refractivity contribution is 5.95. The van der Waals surface area contributed by atoms with Crippen LogP contribution in [-0.4, -0.2) is 76.6 Å². The number of nitrogens with zero attached hydrogens (tertiary/aromatic N) is 4. The van der Waals surface area contributed by atoms with E-state index in [4.69, 9.17) is 9.47 Å². The summed E-state index contributed by atoms with van der Waals surface area (Å²) in [5.41, 5.74) is 0.520. The molecule has 1 spiro atoms. The summed E-state index contributed by atoms with van der Waals surface area (Å²) in [5, 5.41) is 4.17. The maximum Gasteiger partial charge on any atom is 0.257 e. The third kappa shape index (κ3) is 4.08. The molecule has 1 aromatic carbocycles. The van der Waals surface area contributed by atoms with E-state index in [1.807, 2.05) is 6.92 Å². The molecular formula is C21H25FN4O4. The Morgan fingerprint density at radius 2 is 1.83 bits per heavy atom. The Labute approximate surface area is 174 Å². The molecule has 2 fully saturated rings. The molecule has 0 saturated carbocycles. The summed E-state index contributed by atoms with van der Waals surface area (Å²) in [5.74, 6) is -2.26. The summed E-state index contributed by atoms with van der Waals surface area (Å²) in [6.07, 6.45) is 3.93. The van der Waals surface area contributed by atoms with Crippen LogP contribution < -0.4 is 0 Å². The van der Waals surface area contributed by atoms with Gasteiger partial charge in [-0.1, -0.05) is 12.1 Å². The van der Waals surface area contributed by atoms with E-state index in [0.717, 1.165) is 0 Å². The number of ether oxygens (including phenoxy) is 2. The first kappa shape index (κ1) is 20.5. The molecule has 2 saturated heterocycles. The van der Waals surface area contributed by atoms with Gasteiger partial charge in [-0.3, -0.25) is 14.3 Å². The molecule has 0 N–H and O–H groups in total. The van der Waals surface area contributed by atoms with E-state index >= 15 is 0 Å². The van der Waals surface area contributed by atoms with Crippen molar-refractivity contribution in [3.8, 4) is 0 Å². The average molecular weight is 416 g/mol. The molecule has 0 radical (unpaired) electrons. The highest BCUT2D eigenvalue weighted by Crippen LogP contribution is 2.26. The van der Waals surface area contributed by atoms with Gasteiger partial charge in [0.05, 0.1) is 43.6 Å². The minimum Gasteiger partial charge on any atom is -0.347 e. The first-order valence-corrected chi connectivity index (χ1v) is 10.1. The summed E-state index contributed by atoms with van der Waals surface area (Å²) < 4.78 is 27.8. The zero-order valence-corrected chi connectivity index (χ0v) is 16.9. The zero-order chi connectivity index (χ0) is 21.1. The van der Waals surface area contributed by atoms with Crippen LogP contribution in [0.3, 0.4) is 0 Å². The van der Waals surface area contributed by atoms with Crippen molar-refractivity contribution in [1.29, 1.82) is 0 Å². The average Bonchev–Trinajstić information content (AvgIpc) is 3.16. The fourth-order valence-corrected chi connectivity index (χ4v) is 3.85. The summed E-state index contributed by atoms with van der Waals surface area (Å²) in [6.45, 7) is 4.43. The lowest BCUT2D eigenvalue weighted by atomic mass is 10.1. The predicted octanol–water partition coefficient (Wildman–Crippen LogP) is 1.77. The molecule has 30 heavy (non-hydrogen) atoms. The highest BCUT2D eigenvalue weighted by atomic mass is 19.1. The van der Waals surface area contributed by atoms with Crippen LogP contribution >= 0.6 is 0 Å². The molecule has 0 aliphatic carbocycles. The lowest BCUT2D eigenvalue weighted by Crippen LogP contribution is -2.59. The van der Waals surface area contributed by atoms with Gasteiger partial charge in [-0.25, -0.2) is 4.39 Å². The standard InChI is InChI=1S/C21H25FN4O4/c1-2-26-13-16(12-23-26)19(27)24-8-5-10-29-21(14-24)15-25(9-11-30-21)20(28)17-6-3-4-7-18(17)22/h3-4,6-7,12-13H,2,5,8-11,14-15H2,1H3. The Balaban J connectivity index is 1.52. The fraction of sp³-hybridized carbons (Fsp3) is 0.476. The molecule has 160 valence electrons. The molecule has 2 aromatic rings. The van der Waals surface area contributed by atoms with Gasteiger partial charge in [-0.05, 0) is 25.5 Å². The van der Waals surface area contributed by atoms with Gasteiger partial charge >= 0.3 is 0 Å². The Morgan fingerprint density at radius 1 is 1.10 bits per heavy atom. The van der Waals surface area contributed by atoms with Crippen LogP contribution in [0.15, 0.2) is 36.7 Å². The lowest BCUT2D eigenvalue weighted by molar-refractivity contribution is -0.258. The molecule has 1 aromatic heterocycles. The number of carbonyl (C=O) groups excluding carboxylic acids is 2. The molecule has 2 aliphatic rings. The maximum absolute atomic E-state index is 14.1. The van der Waals surface area contributed by atoms with E-state index in [-0.39, 0.29) is 31.2 Å². The number of hydrogen-bond donors (Lipinski definition) is 0. The molecule has 4 rings (SSSR count). The summed E-state index contributed by atoms with van der Waals surface area (Å²) in [7, 11) is 0. The second-order valence-electron chi connectivity index (χ2n) is 7.48. The third-order valence-electron chi connectivity index (χ3n) is 5.41. The number of aryl methyl sites for hydroxylation is 1. The SMILES string of the molecule is CCn1cc(C(=O)N2CCCOC3(C2)CN(C(=O)c2ccccc2F)CCO3)cn1. The smallest absolute Gasteiger partial charge is 0.257 e. The van der Waals surface area contributed by atoms with Crippen LogP contribution in [0.2, 0.25) is 0 Å². The van der Waals surface area contributed by atoms with Crippen LogP contribution in [0.25, 0.3) is 0 Å². The normalized spacial score (nSPS) is 22.2. The second-order valence-corrected chi connectivity index (χ2v) is 7.48. The van der Waals surface area contributed by atoms with Gasteiger partial charge in [0.25, 0.3) is 11.8 Å². The molecule has 8 nitrogen and oxygen atoms in total. The summed E-state index contributed by atoms with van der Waals surface area (Å²) in [4.78, 5) is 29.1. The van der Waals surface area contributed by atoms with Crippen LogP contribution in [0, 0.1) is 5.82 Å². The van der Waals surface area contributed by atoms with Crippen LogP contribution in [-0.2, 0) is 16.0 Å². The third-order valence-corrected chi connectivity index (χ3v) is 5.41. The topological polar surface area (TPSA) is 76.9 Å². The van der Waals surface area contributed by atoms with Crippen molar-refractivity contribution >= 4 is 11.8 Å². The molecule has 0 bridgehead atoms. The number of amides is 2. The molecular weight excluding hydrogens is 391 g/mol. The number of hydrogen-bond acceptors (Lipinski definition) is 5. The van der Waals surface area contributed by atoms with E-state index in [2.05, 4.69) is 5.10 Å². The quantitative estimate of drug-likeness (QED) is 0.762. The largest absolute Gasteiger partial charge is 0.347 e. The Bertz CT molecular complexity index is 933. The monoisotopic (exact) mass is 416 g/mol. The first-order valence-electron chi connectivity index (χ1n) is 10.1. The predicted molar refractivity (Wildman–Crippen MR) is 105 cm³/mol. The van der Waals surface area contributed by atoms with Gasteiger partial charge in [0.2, 0.25) is 5.79 Å². The van der Waals surface area contributed by atoms with E-state index in [1.165, 1.54) is 17.0 Å². The highest BCUT2D eigenvalue weighted by Gasteiger charge is 2.43. The van der Waals surface area contributed by atoms with Gasteiger partial charge in [0.1, 0.15) is 5.82 Å². The first-order chi connectivity index (χ1) is 14.5. The zero-order valence-electron chi connectivity index (χ0n) is 16.9. The van der Waals surface area contributed by atoms with E-state index in [1.54, 1.807) is 34.1 Å². The molecule has 2 aliphatic heterocycles. The van der Waals surface area contributed by atoms with E-state index in [0.29, 0.717) is 38.2 Å². The molecule has 1 unspecified atom stereocenters. The minimum atomic E-state index is -1.13. The number of morpholine rings is 1. The van der Waals surface area contributed by atoms with Gasteiger partial charge in [0, 0.05) is 25.8 Å². The van der Waals surface area contributed by atoms with Crippen molar-refractivity contribution in [2.45, 2.75) is 25.7 Å². The van der Waals surface area contributed by atoms with Crippen molar-refractivity contribution in [1.82, 2.24) is 19.6 Å². The van der Waals surface area contributed by atoms with Crippen molar-refractivity contribution in [3.63, 3.8) is 0 Å². The molecule has 2 amide bonds. The van der Waals surface area contributed by atoms with Gasteiger partial charge in [-0.2, -0.15) is 5.10 Å². The lowest BCUT2D eigenvalue weighted by Gasteiger charge is -2.43. The van der Waals surface area contributed by atoms with Gasteiger partial charge in [-0.15, -0.1) is 0 Å². The van der Waals surface area contributed by atoms with Crippen LogP contribution in [0.4, 0.5) is 4.39 Å². The molecule has 1 atom stereocenters. The Hall–Kier alpha value is -2.78. The van der Waals surface area contributed by atoms with Crippen LogP contribution in [0.5, 0.6) is 0 Å². The number of aromatic nitrogens is 2. The maximum atomic E-state index is 14.1. The van der Waals surface area contributed by atoms with Crippen LogP contribution in [0.1, 0.15) is 34.1 Å². The number of rotatable bonds is 3. The Kier molecular flexibility index (Phi) is 5.83. The molecule has 9 heteroatoms. The minimum absolute atomic E-state index is 0.0167. The molecule has 3 heterocycles. The van der Waals surface area contributed by atoms with Crippen molar-refractivity contribution < 1.29 is 23.5 Å². The van der Waals surface area contributed by atoms with Crippen molar-refractivity contribution in [2.75, 3.05) is 39.4 Å².